The average molecular weight is 236 g/mol. The average Bonchev–Trinajstić information content (AvgIpc) is 2.30. The van der Waals surface area contributed by atoms with Crippen molar-refractivity contribution in [3.05, 3.63) is 30.1 Å². The second-order valence-corrected chi connectivity index (χ2v) is 3.92. The summed E-state index contributed by atoms with van der Waals surface area (Å²) in [5, 5.41) is 11.3. The Morgan fingerprint density at radius 3 is 2.88 bits per heavy atom. The molecular weight excluding hydrogens is 220 g/mol. The molecule has 0 fully saturated rings. The summed E-state index contributed by atoms with van der Waals surface area (Å²) < 4.78 is 0. The lowest BCUT2D eigenvalue weighted by atomic mass is 10.1. The highest BCUT2D eigenvalue weighted by atomic mass is 16.4. The number of aromatic nitrogens is 1. The fraction of sp³-hybridized carbons (Fsp3) is 0.417. The zero-order valence-corrected chi connectivity index (χ0v) is 9.72. The maximum absolute atomic E-state index is 11.5. The van der Waals surface area contributed by atoms with Crippen LogP contribution in [0, 0.1) is 5.92 Å². The molecule has 5 heteroatoms. The summed E-state index contributed by atoms with van der Waals surface area (Å²) in [6, 6.07) is 3.60. The predicted octanol–water partition coefficient (Wildman–Crippen LogP) is 0.851. The summed E-state index contributed by atoms with van der Waals surface area (Å²) >= 11 is 0. The molecule has 1 amide bonds. The van der Waals surface area contributed by atoms with E-state index in [0.717, 1.165) is 5.56 Å². The molecular formula is C12H16N2O3. The van der Waals surface area contributed by atoms with Gasteiger partial charge in [0.15, 0.2) is 0 Å². The molecule has 1 aromatic rings. The van der Waals surface area contributed by atoms with Crippen LogP contribution in [0.2, 0.25) is 0 Å². The van der Waals surface area contributed by atoms with Crippen LogP contribution in [0.4, 0.5) is 0 Å². The Bertz CT molecular complexity index is 379. The van der Waals surface area contributed by atoms with Gasteiger partial charge in [0.1, 0.15) is 0 Å². The van der Waals surface area contributed by atoms with Crippen molar-refractivity contribution >= 4 is 11.9 Å². The molecule has 1 unspecified atom stereocenters. The standard InChI is InChI=1S/C12H16N2O3/c1-9(12(16)17)4-6-14-11(15)7-10-3-2-5-13-8-10/h2-3,5,8-9H,4,6-7H2,1H3,(H,14,15)(H,16,17). The van der Waals surface area contributed by atoms with Crippen molar-refractivity contribution in [3.63, 3.8) is 0 Å². The minimum atomic E-state index is -0.841. The summed E-state index contributed by atoms with van der Waals surface area (Å²) in [7, 11) is 0. The first kappa shape index (κ1) is 13.2. The Labute approximate surface area is 99.9 Å². The van der Waals surface area contributed by atoms with Gasteiger partial charge in [0, 0.05) is 18.9 Å². The number of carboxylic acid groups (broad SMARTS) is 1. The Morgan fingerprint density at radius 1 is 1.53 bits per heavy atom. The van der Waals surface area contributed by atoms with Gasteiger partial charge in [0.2, 0.25) is 5.91 Å². The van der Waals surface area contributed by atoms with E-state index in [1.165, 1.54) is 0 Å². The van der Waals surface area contributed by atoms with Gasteiger partial charge in [-0.1, -0.05) is 13.0 Å². The Balaban J connectivity index is 2.25. The Hall–Kier alpha value is -1.91. The maximum atomic E-state index is 11.5. The fourth-order valence-corrected chi connectivity index (χ4v) is 1.30. The minimum absolute atomic E-state index is 0.115. The topological polar surface area (TPSA) is 79.3 Å². The second kappa shape index (κ2) is 6.62. The molecule has 0 aliphatic carbocycles. The molecule has 0 aromatic carbocycles. The molecule has 0 saturated heterocycles. The molecule has 0 radical (unpaired) electrons. The van der Waals surface area contributed by atoms with E-state index in [0.29, 0.717) is 13.0 Å². The summed E-state index contributed by atoms with van der Waals surface area (Å²) in [6.45, 7) is 2.00. The lowest BCUT2D eigenvalue weighted by Crippen LogP contribution is -2.28. The Kier molecular flexibility index (Phi) is 5.13. The first-order valence-corrected chi connectivity index (χ1v) is 5.48. The monoisotopic (exact) mass is 236 g/mol. The van der Waals surface area contributed by atoms with Crippen molar-refractivity contribution in [2.24, 2.45) is 5.92 Å². The second-order valence-electron chi connectivity index (χ2n) is 3.92. The van der Waals surface area contributed by atoms with Crippen molar-refractivity contribution < 1.29 is 14.7 Å². The smallest absolute Gasteiger partial charge is 0.306 e. The van der Waals surface area contributed by atoms with E-state index >= 15 is 0 Å². The van der Waals surface area contributed by atoms with E-state index in [4.69, 9.17) is 5.11 Å². The first-order valence-electron chi connectivity index (χ1n) is 5.48. The Morgan fingerprint density at radius 2 is 2.29 bits per heavy atom. The molecule has 0 bridgehead atoms. The predicted molar refractivity (Wildman–Crippen MR) is 62.4 cm³/mol. The number of amides is 1. The third-order valence-corrected chi connectivity index (χ3v) is 2.41. The summed E-state index contributed by atoms with van der Waals surface area (Å²) in [6.07, 6.45) is 4.00. The highest BCUT2D eigenvalue weighted by molar-refractivity contribution is 5.78. The number of nitrogens with zero attached hydrogens (tertiary/aromatic N) is 1. The van der Waals surface area contributed by atoms with Crippen molar-refractivity contribution in [1.82, 2.24) is 10.3 Å². The van der Waals surface area contributed by atoms with Gasteiger partial charge >= 0.3 is 5.97 Å². The number of carbonyl (C=O) groups excluding carboxylic acids is 1. The van der Waals surface area contributed by atoms with Crippen LogP contribution in [0.5, 0.6) is 0 Å². The lowest BCUT2D eigenvalue weighted by molar-refractivity contribution is -0.141. The molecule has 92 valence electrons. The maximum Gasteiger partial charge on any atom is 0.306 e. The number of aliphatic carboxylic acids is 1. The molecule has 0 aliphatic rings. The number of pyridine rings is 1. The minimum Gasteiger partial charge on any atom is -0.481 e. The van der Waals surface area contributed by atoms with Gasteiger partial charge in [-0.2, -0.15) is 0 Å². The lowest BCUT2D eigenvalue weighted by Gasteiger charge is -2.07. The number of rotatable bonds is 6. The van der Waals surface area contributed by atoms with Crippen molar-refractivity contribution in [1.29, 1.82) is 0 Å². The third kappa shape index (κ3) is 5.10. The van der Waals surface area contributed by atoms with Crippen molar-refractivity contribution in [3.8, 4) is 0 Å². The van der Waals surface area contributed by atoms with Crippen LogP contribution < -0.4 is 5.32 Å². The van der Waals surface area contributed by atoms with Crippen molar-refractivity contribution in [2.75, 3.05) is 6.54 Å². The molecule has 1 rings (SSSR count). The number of hydrogen-bond donors (Lipinski definition) is 2. The van der Waals surface area contributed by atoms with Crippen LogP contribution in [-0.4, -0.2) is 28.5 Å². The van der Waals surface area contributed by atoms with Crippen LogP contribution in [0.25, 0.3) is 0 Å². The van der Waals surface area contributed by atoms with Crippen LogP contribution in [0.15, 0.2) is 24.5 Å². The summed E-state index contributed by atoms with van der Waals surface area (Å²) in [5.41, 5.74) is 0.844. The van der Waals surface area contributed by atoms with Gasteiger partial charge < -0.3 is 10.4 Å². The quantitative estimate of drug-likeness (QED) is 0.767. The third-order valence-electron chi connectivity index (χ3n) is 2.41. The van der Waals surface area contributed by atoms with Gasteiger partial charge in [0.25, 0.3) is 0 Å². The van der Waals surface area contributed by atoms with Crippen LogP contribution in [0.1, 0.15) is 18.9 Å². The van der Waals surface area contributed by atoms with Gasteiger partial charge in [-0.05, 0) is 18.1 Å². The van der Waals surface area contributed by atoms with E-state index < -0.39 is 11.9 Å². The van der Waals surface area contributed by atoms with E-state index in [9.17, 15) is 9.59 Å². The van der Waals surface area contributed by atoms with Crippen LogP contribution in [-0.2, 0) is 16.0 Å². The molecule has 1 aromatic heterocycles. The van der Waals surface area contributed by atoms with Gasteiger partial charge in [-0.25, -0.2) is 0 Å². The normalized spacial score (nSPS) is 11.8. The van der Waals surface area contributed by atoms with Gasteiger partial charge in [0.05, 0.1) is 12.3 Å². The fourth-order valence-electron chi connectivity index (χ4n) is 1.30. The SMILES string of the molecule is CC(CCNC(=O)Cc1cccnc1)C(=O)O. The summed E-state index contributed by atoms with van der Waals surface area (Å²) in [4.78, 5) is 25.9. The molecule has 1 heterocycles. The molecule has 17 heavy (non-hydrogen) atoms. The number of nitrogens with one attached hydrogen (secondary N) is 1. The van der Waals surface area contributed by atoms with E-state index in [1.807, 2.05) is 6.07 Å². The molecule has 2 N–H and O–H groups in total. The molecule has 0 aliphatic heterocycles. The first-order chi connectivity index (χ1) is 8.09. The van der Waals surface area contributed by atoms with Crippen molar-refractivity contribution in [2.45, 2.75) is 19.8 Å². The van der Waals surface area contributed by atoms with Gasteiger partial charge in [-0.3, -0.25) is 14.6 Å². The highest BCUT2D eigenvalue weighted by Gasteiger charge is 2.10. The van der Waals surface area contributed by atoms with Crippen LogP contribution in [0.3, 0.4) is 0 Å². The molecule has 0 spiro atoms. The summed E-state index contributed by atoms with van der Waals surface area (Å²) in [5.74, 6) is -1.39. The number of carboxylic acids is 1. The van der Waals surface area contributed by atoms with E-state index in [2.05, 4.69) is 10.3 Å². The zero-order valence-electron chi connectivity index (χ0n) is 9.72. The molecule has 5 nitrogen and oxygen atoms in total. The largest absolute Gasteiger partial charge is 0.481 e. The van der Waals surface area contributed by atoms with Gasteiger partial charge in [-0.15, -0.1) is 0 Å². The highest BCUT2D eigenvalue weighted by Crippen LogP contribution is 2.00. The molecule has 1 atom stereocenters. The zero-order chi connectivity index (χ0) is 12.7. The van der Waals surface area contributed by atoms with E-state index in [-0.39, 0.29) is 12.3 Å². The van der Waals surface area contributed by atoms with Crippen LogP contribution >= 0.6 is 0 Å². The van der Waals surface area contributed by atoms with E-state index in [1.54, 1.807) is 25.4 Å². The number of hydrogen-bond acceptors (Lipinski definition) is 3. The number of carbonyl (C=O) groups is 2. The molecule has 0 saturated carbocycles.